The summed E-state index contributed by atoms with van der Waals surface area (Å²) in [6.45, 7) is 4.78. The molecule has 32 heavy (non-hydrogen) atoms. The molecule has 1 fully saturated rings. The van der Waals surface area contributed by atoms with Gasteiger partial charge in [-0.05, 0) is 48.9 Å². The van der Waals surface area contributed by atoms with Gasteiger partial charge in [-0.15, -0.1) is 0 Å². The Kier molecular flexibility index (Phi) is 7.73. The highest BCUT2D eigenvalue weighted by Gasteiger charge is 2.37. The molecule has 3 heteroatoms. The van der Waals surface area contributed by atoms with E-state index in [1.807, 2.05) is 18.2 Å². The Labute approximate surface area is 192 Å². The number of carbonyl (C=O) groups is 1. The highest BCUT2D eigenvalue weighted by molar-refractivity contribution is 5.84. The molecule has 1 saturated heterocycles. The summed E-state index contributed by atoms with van der Waals surface area (Å²) >= 11 is 0. The van der Waals surface area contributed by atoms with Crippen molar-refractivity contribution in [1.29, 1.82) is 0 Å². The molecule has 1 aliphatic rings. The quantitative estimate of drug-likeness (QED) is 0.449. The molecule has 0 aliphatic carbocycles. The minimum atomic E-state index is -0.175. The average Bonchev–Trinajstić information content (AvgIpc) is 2.86. The molecule has 0 saturated carbocycles. The lowest BCUT2D eigenvalue weighted by molar-refractivity contribution is -0.145. The molecular weight excluding hydrogens is 392 g/mol. The Morgan fingerprint density at radius 1 is 0.750 bits per heavy atom. The van der Waals surface area contributed by atoms with E-state index in [1.165, 1.54) is 11.1 Å². The fourth-order valence-electron chi connectivity index (χ4n) is 4.89. The summed E-state index contributed by atoms with van der Waals surface area (Å²) in [6.07, 6.45) is 3.99. The second kappa shape index (κ2) is 11.1. The van der Waals surface area contributed by atoms with Gasteiger partial charge >= 0.3 is 0 Å². The Bertz CT molecular complexity index is 915. The molecule has 1 unspecified atom stereocenters. The van der Waals surface area contributed by atoms with Crippen LogP contribution in [0.1, 0.15) is 42.5 Å². The number of aryl methyl sites for hydroxylation is 2. The highest BCUT2D eigenvalue weighted by Crippen LogP contribution is 2.29. The minimum Gasteiger partial charge on any atom is -0.337 e. The normalized spacial score (nSPS) is 17.1. The number of benzene rings is 3. The number of hydrogen-bond donors (Lipinski definition) is 0. The van der Waals surface area contributed by atoms with Gasteiger partial charge in [0.15, 0.2) is 0 Å². The van der Waals surface area contributed by atoms with Crippen molar-refractivity contribution in [1.82, 2.24) is 9.80 Å². The number of likely N-dealkylation sites (N-methyl/N-ethyl adjacent to an activating group) is 1. The number of carbonyl (C=O) groups excluding carboxylic acids is 1. The highest BCUT2D eigenvalue weighted by atomic mass is 16.2. The van der Waals surface area contributed by atoms with E-state index in [2.05, 4.69) is 89.5 Å². The lowest BCUT2D eigenvalue weighted by atomic mass is 9.94. The van der Waals surface area contributed by atoms with E-state index in [0.717, 1.165) is 50.9 Å². The molecule has 1 atom stereocenters. The van der Waals surface area contributed by atoms with Crippen molar-refractivity contribution in [3.05, 3.63) is 108 Å². The van der Waals surface area contributed by atoms with Crippen LogP contribution in [0, 0.1) is 0 Å². The summed E-state index contributed by atoms with van der Waals surface area (Å²) < 4.78 is 0. The molecule has 0 radical (unpaired) electrons. The molecule has 166 valence electrons. The standard InChI is InChI=1S/C29H34N2O/c1-2-30-22-23-31(29(32)28(30)26-16-10-5-11-17-26)27(20-18-24-12-6-3-7-13-24)21-19-25-14-8-4-9-15-25/h3-17,27-28H,2,18-23H2,1H3. The predicted octanol–water partition coefficient (Wildman–Crippen LogP) is 5.53. The Hall–Kier alpha value is -2.91. The van der Waals surface area contributed by atoms with E-state index in [0.29, 0.717) is 0 Å². The molecule has 4 rings (SSSR count). The smallest absolute Gasteiger partial charge is 0.244 e. The first-order valence-electron chi connectivity index (χ1n) is 11.9. The number of nitrogens with zero attached hydrogens (tertiary/aromatic N) is 2. The summed E-state index contributed by atoms with van der Waals surface area (Å²) in [7, 11) is 0. The second-order valence-electron chi connectivity index (χ2n) is 8.68. The van der Waals surface area contributed by atoms with Crippen molar-refractivity contribution >= 4 is 5.91 Å². The van der Waals surface area contributed by atoms with Crippen LogP contribution in [0.15, 0.2) is 91.0 Å². The molecule has 0 N–H and O–H groups in total. The van der Waals surface area contributed by atoms with E-state index in [9.17, 15) is 4.79 Å². The van der Waals surface area contributed by atoms with Crippen LogP contribution in [-0.2, 0) is 17.6 Å². The van der Waals surface area contributed by atoms with Crippen LogP contribution in [-0.4, -0.2) is 41.4 Å². The summed E-state index contributed by atoms with van der Waals surface area (Å²) in [5, 5.41) is 0. The molecule has 0 aromatic heterocycles. The van der Waals surface area contributed by atoms with Gasteiger partial charge in [0.2, 0.25) is 5.91 Å². The first-order chi connectivity index (χ1) is 15.8. The number of hydrogen-bond acceptors (Lipinski definition) is 2. The first kappa shape index (κ1) is 22.3. The summed E-state index contributed by atoms with van der Waals surface area (Å²) in [5.74, 6) is 0.260. The molecular formula is C29H34N2O. The third kappa shape index (κ3) is 5.46. The van der Waals surface area contributed by atoms with Gasteiger partial charge in [0.1, 0.15) is 6.04 Å². The van der Waals surface area contributed by atoms with Crippen LogP contribution in [0.5, 0.6) is 0 Å². The number of amides is 1. The summed E-state index contributed by atoms with van der Waals surface area (Å²) in [6, 6.07) is 31.7. The summed E-state index contributed by atoms with van der Waals surface area (Å²) in [4.78, 5) is 18.4. The van der Waals surface area contributed by atoms with Crippen molar-refractivity contribution in [2.24, 2.45) is 0 Å². The van der Waals surface area contributed by atoms with Crippen molar-refractivity contribution in [2.75, 3.05) is 19.6 Å². The maximum Gasteiger partial charge on any atom is 0.244 e. The fraction of sp³-hybridized carbons (Fsp3) is 0.345. The Morgan fingerprint density at radius 2 is 1.25 bits per heavy atom. The van der Waals surface area contributed by atoms with Crippen LogP contribution < -0.4 is 0 Å². The van der Waals surface area contributed by atoms with E-state index < -0.39 is 0 Å². The number of piperazine rings is 1. The monoisotopic (exact) mass is 426 g/mol. The lowest BCUT2D eigenvalue weighted by Crippen LogP contribution is -2.55. The van der Waals surface area contributed by atoms with Gasteiger partial charge in [0.25, 0.3) is 0 Å². The third-order valence-corrected chi connectivity index (χ3v) is 6.69. The van der Waals surface area contributed by atoms with Gasteiger partial charge in [-0.2, -0.15) is 0 Å². The van der Waals surface area contributed by atoms with Crippen LogP contribution in [0.25, 0.3) is 0 Å². The predicted molar refractivity (Wildman–Crippen MR) is 131 cm³/mol. The average molecular weight is 427 g/mol. The van der Waals surface area contributed by atoms with Gasteiger partial charge in [-0.1, -0.05) is 97.9 Å². The van der Waals surface area contributed by atoms with E-state index in [4.69, 9.17) is 0 Å². The first-order valence-corrected chi connectivity index (χ1v) is 11.9. The van der Waals surface area contributed by atoms with E-state index >= 15 is 0 Å². The molecule has 1 amide bonds. The summed E-state index contributed by atoms with van der Waals surface area (Å²) in [5.41, 5.74) is 3.79. The van der Waals surface area contributed by atoms with E-state index in [-0.39, 0.29) is 18.0 Å². The molecule has 0 spiro atoms. The van der Waals surface area contributed by atoms with Gasteiger partial charge in [0.05, 0.1) is 0 Å². The van der Waals surface area contributed by atoms with Crippen molar-refractivity contribution in [3.63, 3.8) is 0 Å². The number of rotatable bonds is 9. The van der Waals surface area contributed by atoms with Crippen LogP contribution >= 0.6 is 0 Å². The SMILES string of the molecule is CCN1CCN(C(CCc2ccccc2)CCc2ccccc2)C(=O)C1c1ccccc1. The lowest BCUT2D eigenvalue weighted by Gasteiger charge is -2.44. The maximum atomic E-state index is 13.8. The van der Waals surface area contributed by atoms with Crippen LogP contribution in [0.2, 0.25) is 0 Å². The second-order valence-corrected chi connectivity index (χ2v) is 8.68. The Balaban J connectivity index is 1.54. The maximum absolute atomic E-state index is 13.8. The molecule has 3 aromatic carbocycles. The van der Waals surface area contributed by atoms with Crippen molar-refractivity contribution in [3.8, 4) is 0 Å². The van der Waals surface area contributed by atoms with Crippen LogP contribution in [0.4, 0.5) is 0 Å². The zero-order chi connectivity index (χ0) is 22.2. The van der Waals surface area contributed by atoms with Crippen molar-refractivity contribution in [2.45, 2.75) is 44.7 Å². The van der Waals surface area contributed by atoms with Gasteiger partial charge < -0.3 is 4.90 Å². The van der Waals surface area contributed by atoms with Gasteiger partial charge in [0, 0.05) is 19.1 Å². The molecule has 0 bridgehead atoms. The Morgan fingerprint density at radius 3 is 1.75 bits per heavy atom. The van der Waals surface area contributed by atoms with Crippen LogP contribution in [0.3, 0.4) is 0 Å². The minimum absolute atomic E-state index is 0.175. The molecule has 1 aliphatic heterocycles. The zero-order valence-electron chi connectivity index (χ0n) is 19.1. The van der Waals surface area contributed by atoms with Gasteiger partial charge in [-0.25, -0.2) is 0 Å². The largest absolute Gasteiger partial charge is 0.337 e. The van der Waals surface area contributed by atoms with Gasteiger partial charge in [-0.3, -0.25) is 9.69 Å². The third-order valence-electron chi connectivity index (χ3n) is 6.69. The van der Waals surface area contributed by atoms with Crippen molar-refractivity contribution < 1.29 is 4.79 Å². The molecule has 3 nitrogen and oxygen atoms in total. The molecule has 1 heterocycles. The van der Waals surface area contributed by atoms with E-state index in [1.54, 1.807) is 0 Å². The zero-order valence-corrected chi connectivity index (χ0v) is 19.1. The molecule has 3 aromatic rings. The topological polar surface area (TPSA) is 23.6 Å². The fourth-order valence-corrected chi connectivity index (χ4v) is 4.89.